The summed E-state index contributed by atoms with van der Waals surface area (Å²) in [6, 6.07) is 4.61. The van der Waals surface area contributed by atoms with Gasteiger partial charge in [0.15, 0.2) is 6.10 Å². The summed E-state index contributed by atoms with van der Waals surface area (Å²) in [5, 5.41) is 3.21. The second kappa shape index (κ2) is 7.24. The monoisotopic (exact) mass is 282 g/mol. The van der Waals surface area contributed by atoms with Crippen LogP contribution < -0.4 is 10.1 Å². The van der Waals surface area contributed by atoms with E-state index in [0.717, 1.165) is 0 Å². The van der Waals surface area contributed by atoms with Crippen LogP contribution in [0.5, 0.6) is 5.75 Å². The molecule has 0 saturated heterocycles. The molecule has 0 aliphatic heterocycles. The molecule has 0 bridgehead atoms. The van der Waals surface area contributed by atoms with Crippen molar-refractivity contribution in [2.45, 2.75) is 39.5 Å². The fourth-order valence-electron chi connectivity index (χ4n) is 1.72. The van der Waals surface area contributed by atoms with Gasteiger partial charge in [-0.25, -0.2) is 4.39 Å². The number of amides is 1. The Hall–Kier alpha value is -1.62. The van der Waals surface area contributed by atoms with Crippen LogP contribution in [-0.4, -0.2) is 37.0 Å². The third-order valence-corrected chi connectivity index (χ3v) is 2.82. The standard InChI is InChI=1S/C15H23FN2O2/c1-10(2)17-9-12-8-13(16)6-7-14(12)20-11(3)15(19)18(4)5/h6-8,10-11,17H,9H2,1-5H3. The molecule has 1 rings (SSSR count). The second-order valence-electron chi connectivity index (χ2n) is 5.28. The SMILES string of the molecule is CC(C)NCc1cc(F)ccc1OC(C)C(=O)N(C)C. The third kappa shape index (κ3) is 4.81. The van der Waals surface area contributed by atoms with Crippen LogP contribution in [0.4, 0.5) is 4.39 Å². The topological polar surface area (TPSA) is 41.6 Å². The van der Waals surface area contributed by atoms with Gasteiger partial charge in [-0.2, -0.15) is 0 Å². The summed E-state index contributed by atoms with van der Waals surface area (Å²) in [5.41, 5.74) is 0.706. The summed E-state index contributed by atoms with van der Waals surface area (Å²) in [6.07, 6.45) is -0.603. The van der Waals surface area contributed by atoms with Gasteiger partial charge < -0.3 is 15.0 Å². The Labute approximate surface area is 119 Å². The van der Waals surface area contributed by atoms with E-state index in [1.165, 1.54) is 17.0 Å². The molecule has 0 saturated carbocycles. The van der Waals surface area contributed by atoms with Crippen LogP contribution in [0, 0.1) is 5.82 Å². The van der Waals surface area contributed by atoms with Gasteiger partial charge in [0.05, 0.1) is 0 Å². The van der Waals surface area contributed by atoms with E-state index in [-0.39, 0.29) is 17.8 Å². The minimum absolute atomic E-state index is 0.128. The number of halogens is 1. The first-order valence-corrected chi connectivity index (χ1v) is 6.71. The minimum Gasteiger partial charge on any atom is -0.481 e. The zero-order valence-electron chi connectivity index (χ0n) is 12.7. The van der Waals surface area contributed by atoms with Crippen LogP contribution in [0.1, 0.15) is 26.3 Å². The first-order chi connectivity index (χ1) is 9.31. The Morgan fingerprint density at radius 1 is 1.35 bits per heavy atom. The van der Waals surface area contributed by atoms with Crippen molar-refractivity contribution in [1.82, 2.24) is 10.2 Å². The van der Waals surface area contributed by atoms with Gasteiger partial charge in [-0.15, -0.1) is 0 Å². The average molecular weight is 282 g/mol. The number of rotatable bonds is 6. The number of likely N-dealkylation sites (N-methyl/N-ethyl adjacent to an activating group) is 1. The molecule has 0 heterocycles. The number of carbonyl (C=O) groups excluding carboxylic acids is 1. The summed E-state index contributed by atoms with van der Waals surface area (Å²) in [6.45, 7) is 6.20. The second-order valence-corrected chi connectivity index (χ2v) is 5.28. The van der Waals surface area contributed by atoms with Crippen LogP contribution >= 0.6 is 0 Å². The minimum atomic E-state index is -0.603. The molecule has 4 nitrogen and oxygen atoms in total. The quantitative estimate of drug-likeness (QED) is 0.869. The molecule has 0 fully saturated rings. The van der Waals surface area contributed by atoms with Crippen LogP contribution in [0.25, 0.3) is 0 Å². The molecule has 0 radical (unpaired) electrons. The van der Waals surface area contributed by atoms with Crippen LogP contribution in [0.3, 0.4) is 0 Å². The molecule has 5 heteroatoms. The van der Waals surface area contributed by atoms with Gasteiger partial charge in [-0.1, -0.05) is 13.8 Å². The largest absolute Gasteiger partial charge is 0.481 e. The molecule has 1 atom stereocenters. The summed E-state index contributed by atoms with van der Waals surface area (Å²) in [4.78, 5) is 13.3. The predicted octanol–water partition coefficient (Wildman–Crippen LogP) is 2.18. The molecule has 112 valence electrons. The van der Waals surface area contributed by atoms with Gasteiger partial charge >= 0.3 is 0 Å². The van der Waals surface area contributed by atoms with E-state index in [2.05, 4.69) is 5.32 Å². The highest BCUT2D eigenvalue weighted by molar-refractivity contribution is 5.80. The van der Waals surface area contributed by atoms with Crippen LogP contribution in [0.2, 0.25) is 0 Å². The summed E-state index contributed by atoms with van der Waals surface area (Å²) in [5.74, 6) is 0.0869. The normalized spacial score (nSPS) is 12.3. The van der Waals surface area contributed by atoms with E-state index in [0.29, 0.717) is 17.9 Å². The lowest BCUT2D eigenvalue weighted by Crippen LogP contribution is -2.35. The van der Waals surface area contributed by atoms with Crippen LogP contribution in [-0.2, 0) is 11.3 Å². The lowest BCUT2D eigenvalue weighted by Gasteiger charge is -2.20. The Morgan fingerprint density at radius 3 is 2.55 bits per heavy atom. The molecule has 1 unspecified atom stereocenters. The zero-order valence-corrected chi connectivity index (χ0v) is 12.7. The van der Waals surface area contributed by atoms with E-state index >= 15 is 0 Å². The zero-order chi connectivity index (χ0) is 15.3. The maximum Gasteiger partial charge on any atom is 0.262 e. The fourth-order valence-corrected chi connectivity index (χ4v) is 1.72. The van der Waals surface area contributed by atoms with Crippen molar-refractivity contribution in [2.24, 2.45) is 0 Å². The maximum atomic E-state index is 13.3. The first-order valence-electron chi connectivity index (χ1n) is 6.71. The summed E-state index contributed by atoms with van der Waals surface area (Å²) < 4.78 is 19.0. The third-order valence-electron chi connectivity index (χ3n) is 2.82. The summed E-state index contributed by atoms with van der Waals surface area (Å²) in [7, 11) is 3.35. The van der Waals surface area contributed by atoms with E-state index in [1.807, 2.05) is 13.8 Å². The number of hydrogen-bond donors (Lipinski definition) is 1. The molecule has 1 aromatic rings. The van der Waals surface area contributed by atoms with Crippen LogP contribution in [0.15, 0.2) is 18.2 Å². The number of benzene rings is 1. The lowest BCUT2D eigenvalue weighted by molar-refractivity contribution is -0.135. The highest BCUT2D eigenvalue weighted by atomic mass is 19.1. The average Bonchev–Trinajstić information content (AvgIpc) is 2.37. The van der Waals surface area contributed by atoms with Gasteiger partial charge in [0, 0.05) is 32.2 Å². The van der Waals surface area contributed by atoms with Gasteiger partial charge in [0.2, 0.25) is 0 Å². The predicted molar refractivity (Wildman–Crippen MR) is 77.2 cm³/mol. The fraction of sp³-hybridized carbons (Fsp3) is 0.533. The smallest absolute Gasteiger partial charge is 0.262 e. The van der Waals surface area contributed by atoms with E-state index in [9.17, 15) is 9.18 Å². The number of nitrogens with zero attached hydrogens (tertiary/aromatic N) is 1. The van der Waals surface area contributed by atoms with Crippen molar-refractivity contribution in [3.8, 4) is 5.75 Å². The number of carbonyl (C=O) groups is 1. The molecule has 0 aliphatic carbocycles. The Bertz CT molecular complexity index is 461. The lowest BCUT2D eigenvalue weighted by atomic mass is 10.1. The van der Waals surface area contributed by atoms with Crippen molar-refractivity contribution >= 4 is 5.91 Å². The Balaban J connectivity index is 2.85. The first kappa shape index (κ1) is 16.4. The molecule has 0 aromatic heterocycles. The van der Waals surface area contributed by atoms with Gasteiger partial charge in [-0.05, 0) is 25.1 Å². The molecule has 20 heavy (non-hydrogen) atoms. The molecule has 0 aliphatic rings. The van der Waals surface area contributed by atoms with Crippen molar-refractivity contribution in [2.75, 3.05) is 14.1 Å². The van der Waals surface area contributed by atoms with E-state index in [4.69, 9.17) is 4.74 Å². The highest BCUT2D eigenvalue weighted by Gasteiger charge is 2.18. The van der Waals surface area contributed by atoms with Crippen molar-refractivity contribution < 1.29 is 13.9 Å². The maximum absolute atomic E-state index is 13.3. The molecule has 1 amide bonds. The Kier molecular flexibility index (Phi) is 5.95. The van der Waals surface area contributed by atoms with Crippen molar-refractivity contribution in [3.63, 3.8) is 0 Å². The van der Waals surface area contributed by atoms with Crippen molar-refractivity contribution in [3.05, 3.63) is 29.6 Å². The number of hydrogen-bond acceptors (Lipinski definition) is 3. The molecular weight excluding hydrogens is 259 g/mol. The van der Waals surface area contributed by atoms with Crippen molar-refractivity contribution in [1.29, 1.82) is 0 Å². The number of ether oxygens (including phenoxy) is 1. The number of nitrogens with one attached hydrogen (secondary N) is 1. The summed E-state index contributed by atoms with van der Waals surface area (Å²) >= 11 is 0. The van der Waals surface area contributed by atoms with Gasteiger partial charge in [0.1, 0.15) is 11.6 Å². The molecule has 0 spiro atoms. The Morgan fingerprint density at radius 2 is 2.00 bits per heavy atom. The van der Waals surface area contributed by atoms with Gasteiger partial charge in [0.25, 0.3) is 5.91 Å². The molecular formula is C15H23FN2O2. The van der Waals surface area contributed by atoms with E-state index < -0.39 is 6.10 Å². The molecule has 1 N–H and O–H groups in total. The molecule has 1 aromatic carbocycles. The van der Waals surface area contributed by atoms with E-state index in [1.54, 1.807) is 27.1 Å². The highest BCUT2D eigenvalue weighted by Crippen LogP contribution is 2.21. The van der Waals surface area contributed by atoms with Gasteiger partial charge in [-0.3, -0.25) is 4.79 Å².